The van der Waals surface area contributed by atoms with E-state index in [1.165, 1.54) is 12.8 Å². The number of halogens is 1. The highest BCUT2D eigenvalue weighted by molar-refractivity contribution is 14.1. The van der Waals surface area contributed by atoms with Crippen molar-refractivity contribution in [1.29, 1.82) is 0 Å². The molecule has 3 heteroatoms. The Kier molecular flexibility index (Phi) is 3.62. The van der Waals surface area contributed by atoms with Gasteiger partial charge in [0.15, 0.2) is 0 Å². The fraction of sp³-hybridized carbons (Fsp3) is 0.875. The standard InChI is InChI=1S/C8H14INO/c1-7-2-4-10(5-3-7)8(11)6-9/h7H,2-6H2,1H3. The zero-order chi connectivity index (χ0) is 8.27. The van der Waals surface area contributed by atoms with Crippen molar-refractivity contribution in [2.75, 3.05) is 17.5 Å². The summed E-state index contributed by atoms with van der Waals surface area (Å²) in [6.07, 6.45) is 2.37. The predicted molar refractivity (Wildman–Crippen MR) is 53.9 cm³/mol. The monoisotopic (exact) mass is 267 g/mol. The van der Waals surface area contributed by atoms with Gasteiger partial charge in [-0.15, -0.1) is 0 Å². The molecule has 1 fully saturated rings. The van der Waals surface area contributed by atoms with Crippen LogP contribution in [-0.4, -0.2) is 28.3 Å². The molecule has 64 valence electrons. The van der Waals surface area contributed by atoms with Crippen LogP contribution in [0.1, 0.15) is 19.8 Å². The number of amides is 1. The SMILES string of the molecule is CC1CCN(C(=O)CI)CC1. The maximum atomic E-state index is 11.2. The fourth-order valence-corrected chi connectivity index (χ4v) is 1.82. The van der Waals surface area contributed by atoms with E-state index in [0.29, 0.717) is 10.3 Å². The molecule has 0 aromatic heterocycles. The van der Waals surface area contributed by atoms with E-state index in [4.69, 9.17) is 0 Å². The lowest BCUT2D eigenvalue weighted by Gasteiger charge is -2.29. The predicted octanol–water partition coefficient (Wildman–Crippen LogP) is 1.68. The van der Waals surface area contributed by atoms with Gasteiger partial charge in [-0.25, -0.2) is 0 Å². The molecule has 0 atom stereocenters. The Balaban J connectivity index is 2.33. The maximum Gasteiger partial charge on any atom is 0.232 e. The average molecular weight is 267 g/mol. The number of hydrogen-bond donors (Lipinski definition) is 0. The first-order valence-electron chi connectivity index (χ1n) is 4.07. The Labute approximate surface area is 81.5 Å². The van der Waals surface area contributed by atoms with Crippen LogP contribution in [0.2, 0.25) is 0 Å². The van der Waals surface area contributed by atoms with Crippen molar-refractivity contribution in [3.63, 3.8) is 0 Å². The van der Waals surface area contributed by atoms with Gasteiger partial charge in [0.2, 0.25) is 5.91 Å². The van der Waals surface area contributed by atoms with Crippen LogP contribution in [0, 0.1) is 5.92 Å². The molecule has 1 heterocycles. The van der Waals surface area contributed by atoms with Crippen LogP contribution in [-0.2, 0) is 4.79 Å². The first-order chi connectivity index (χ1) is 5.24. The molecule has 1 rings (SSSR count). The lowest BCUT2D eigenvalue weighted by atomic mass is 9.99. The second-order valence-electron chi connectivity index (χ2n) is 3.20. The molecule has 11 heavy (non-hydrogen) atoms. The molecule has 0 N–H and O–H groups in total. The number of carbonyl (C=O) groups excluding carboxylic acids is 1. The van der Waals surface area contributed by atoms with E-state index in [2.05, 4.69) is 29.5 Å². The van der Waals surface area contributed by atoms with E-state index in [9.17, 15) is 4.79 Å². The summed E-state index contributed by atoms with van der Waals surface area (Å²) < 4.78 is 0.631. The molecule has 0 bridgehead atoms. The van der Waals surface area contributed by atoms with Crippen molar-refractivity contribution in [2.24, 2.45) is 5.92 Å². The van der Waals surface area contributed by atoms with Gasteiger partial charge >= 0.3 is 0 Å². The third-order valence-electron chi connectivity index (χ3n) is 2.25. The fourth-order valence-electron chi connectivity index (χ4n) is 1.34. The summed E-state index contributed by atoms with van der Waals surface area (Å²) >= 11 is 2.13. The summed E-state index contributed by atoms with van der Waals surface area (Å²) in [4.78, 5) is 13.2. The summed E-state index contributed by atoms with van der Waals surface area (Å²) in [6.45, 7) is 4.21. The molecular formula is C8H14INO. The van der Waals surface area contributed by atoms with Crippen LogP contribution in [0.15, 0.2) is 0 Å². The van der Waals surface area contributed by atoms with Gasteiger partial charge in [0.1, 0.15) is 0 Å². The number of likely N-dealkylation sites (tertiary alicyclic amines) is 1. The Hall–Kier alpha value is 0.200. The van der Waals surface area contributed by atoms with Crippen molar-refractivity contribution >= 4 is 28.5 Å². The normalized spacial score (nSPS) is 20.4. The van der Waals surface area contributed by atoms with Crippen molar-refractivity contribution < 1.29 is 4.79 Å². The minimum atomic E-state index is 0.303. The number of alkyl halides is 1. The molecule has 0 radical (unpaired) electrons. The van der Waals surface area contributed by atoms with Gasteiger partial charge < -0.3 is 4.90 Å². The third kappa shape index (κ3) is 2.61. The molecule has 0 saturated carbocycles. The molecular weight excluding hydrogens is 253 g/mol. The van der Waals surface area contributed by atoms with Gasteiger partial charge in [-0.1, -0.05) is 29.5 Å². The molecule has 1 amide bonds. The van der Waals surface area contributed by atoms with Gasteiger partial charge in [-0.05, 0) is 18.8 Å². The van der Waals surface area contributed by atoms with Gasteiger partial charge in [-0.3, -0.25) is 4.79 Å². The highest BCUT2D eigenvalue weighted by Gasteiger charge is 2.18. The second kappa shape index (κ2) is 4.28. The Morgan fingerprint density at radius 3 is 2.55 bits per heavy atom. The molecule has 1 aliphatic rings. The largest absolute Gasteiger partial charge is 0.342 e. The first kappa shape index (κ1) is 9.29. The van der Waals surface area contributed by atoms with E-state index in [1.54, 1.807) is 0 Å². The van der Waals surface area contributed by atoms with E-state index < -0.39 is 0 Å². The zero-order valence-corrected chi connectivity index (χ0v) is 9.00. The highest BCUT2D eigenvalue weighted by atomic mass is 127. The third-order valence-corrected chi connectivity index (χ3v) is 2.90. The molecule has 0 aromatic carbocycles. The van der Waals surface area contributed by atoms with Crippen molar-refractivity contribution in [3.8, 4) is 0 Å². The molecule has 0 aliphatic carbocycles. The van der Waals surface area contributed by atoms with Crippen molar-refractivity contribution in [2.45, 2.75) is 19.8 Å². The molecule has 1 saturated heterocycles. The number of nitrogens with zero attached hydrogens (tertiary/aromatic N) is 1. The van der Waals surface area contributed by atoms with Crippen LogP contribution in [0.25, 0.3) is 0 Å². The number of hydrogen-bond acceptors (Lipinski definition) is 1. The quantitative estimate of drug-likeness (QED) is 0.523. The number of rotatable bonds is 1. The van der Waals surface area contributed by atoms with Gasteiger partial charge in [0, 0.05) is 13.1 Å². The first-order valence-corrected chi connectivity index (χ1v) is 5.60. The maximum absolute atomic E-state index is 11.2. The Morgan fingerprint density at radius 1 is 1.55 bits per heavy atom. The summed E-state index contributed by atoms with van der Waals surface area (Å²) in [5.74, 6) is 1.12. The minimum absolute atomic E-state index is 0.303. The minimum Gasteiger partial charge on any atom is -0.342 e. The summed E-state index contributed by atoms with van der Waals surface area (Å²) in [5.41, 5.74) is 0. The molecule has 0 aromatic rings. The van der Waals surface area contributed by atoms with E-state index in [-0.39, 0.29) is 0 Å². The topological polar surface area (TPSA) is 20.3 Å². The van der Waals surface area contributed by atoms with Crippen LogP contribution >= 0.6 is 22.6 Å². The highest BCUT2D eigenvalue weighted by Crippen LogP contribution is 2.16. The van der Waals surface area contributed by atoms with Gasteiger partial charge in [0.25, 0.3) is 0 Å². The summed E-state index contributed by atoms with van der Waals surface area (Å²) in [7, 11) is 0. The number of carbonyl (C=O) groups is 1. The Bertz CT molecular complexity index is 141. The molecule has 0 unspecified atom stereocenters. The summed E-state index contributed by atoms with van der Waals surface area (Å²) in [6, 6.07) is 0. The van der Waals surface area contributed by atoms with Crippen molar-refractivity contribution in [1.82, 2.24) is 4.90 Å². The molecule has 2 nitrogen and oxygen atoms in total. The smallest absolute Gasteiger partial charge is 0.232 e. The van der Waals surface area contributed by atoms with Crippen LogP contribution in [0.3, 0.4) is 0 Å². The Morgan fingerprint density at radius 2 is 2.09 bits per heavy atom. The zero-order valence-electron chi connectivity index (χ0n) is 6.85. The van der Waals surface area contributed by atoms with Gasteiger partial charge in [0.05, 0.1) is 4.43 Å². The second-order valence-corrected chi connectivity index (χ2v) is 3.96. The van der Waals surface area contributed by atoms with E-state index in [0.717, 1.165) is 19.0 Å². The van der Waals surface area contributed by atoms with Crippen LogP contribution < -0.4 is 0 Å². The van der Waals surface area contributed by atoms with E-state index >= 15 is 0 Å². The summed E-state index contributed by atoms with van der Waals surface area (Å²) in [5, 5.41) is 0. The average Bonchev–Trinajstić information content (AvgIpc) is 2.05. The number of piperidine rings is 1. The van der Waals surface area contributed by atoms with Crippen LogP contribution in [0.5, 0.6) is 0 Å². The van der Waals surface area contributed by atoms with Crippen LogP contribution in [0.4, 0.5) is 0 Å². The lowest BCUT2D eigenvalue weighted by Crippen LogP contribution is -2.38. The van der Waals surface area contributed by atoms with Gasteiger partial charge in [-0.2, -0.15) is 0 Å². The molecule has 0 spiro atoms. The van der Waals surface area contributed by atoms with Crippen molar-refractivity contribution in [3.05, 3.63) is 0 Å². The molecule has 1 aliphatic heterocycles. The lowest BCUT2D eigenvalue weighted by molar-refractivity contribution is -0.129. The van der Waals surface area contributed by atoms with E-state index in [1.807, 2.05) is 4.90 Å².